The molecule has 0 saturated carbocycles. The number of rotatable bonds is 6. The highest BCUT2D eigenvalue weighted by Gasteiger charge is 2.09. The third kappa shape index (κ3) is 3.51. The van der Waals surface area contributed by atoms with Gasteiger partial charge in [0.25, 0.3) is 5.91 Å². The lowest BCUT2D eigenvalue weighted by Gasteiger charge is -2.09. The first-order valence-corrected chi connectivity index (χ1v) is 5.24. The van der Waals surface area contributed by atoms with Crippen LogP contribution in [0.15, 0.2) is 18.5 Å². The number of aromatic nitrogens is 1. The molecule has 0 aliphatic rings. The average Bonchev–Trinajstić information content (AvgIpc) is 2.30. The number of nitrogens with one attached hydrogen (secondary N) is 2. The van der Waals surface area contributed by atoms with Gasteiger partial charge < -0.3 is 15.4 Å². The van der Waals surface area contributed by atoms with Crippen LogP contribution in [0.1, 0.15) is 17.3 Å². The standard InChI is InChI=1S/C11H17N3O2/c1-3-13-10-4-5-12-8-9(10)11(15)14-6-7-16-2/h4-5,8H,3,6-7H2,1-2H3,(H,12,13)(H,14,15). The van der Waals surface area contributed by atoms with E-state index in [-0.39, 0.29) is 5.91 Å². The first-order valence-electron chi connectivity index (χ1n) is 5.24. The molecule has 1 aromatic heterocycles. The number of anilines is 1. The van der Waals surface area contributed by atoms with Crippen LogP contribution in [0.2, 0.25) is 0 Å². The highest BCUT2D eigenvalue weighted by atomic mass is 16.5. The molecule has 0 fully saturated rings. The van der Waals surface area contributed by atoms with E-state index in [2.05, 4.69) is 15.6 Å². The minimum atomic E-state index is -0.138. The molecule has 0 aliphatic heterocycles. The van der Waals surface area contributed by atoms with E-state index in [1.807, 2.05) is 6.92 Å². The zero-order valence-corrected chi connectivity index (χ0v) is 9.62. The van der Waals surface area contributed by atoms with Crippen molar-refractivity contribution in [2.24, 2.45) is 0 Å². The Bertz CT molecular complexity index is 342. The molecule has 0 bridgehead atoms. The molecule has 16 heavy (non-hydrogen) atoms. The fourth-order valence-corrected chi connectivity index (χ4v) is 1.28. The van der Waals surface area contributed by atoms with Gasteiger partial charge in [-0.3, -0.25) is 9.78 Å². The van der Waals surface area contributed by atoms with Crippen LogP contribution in [0.4, 0.5) is 5.69 Å². The quantitative estimate of drug-likeness (QED) is 0.703. The number of hydrogen-bond acceptors (Lipinski definition) is 4. The predicted molar refractivity (Wildman–Crippen MR) is 62.6 cm³/mol. The van der Waals surface area contributed by atoms with E-state index < -0.39 is 0 Å². The highest BCUT2D eigenvalue weighted by Crippen LogP contribution is 2.12. The molecule has 1 rings (SSSR count). The highest BCUT2D eigenvalue weighted by molar-refractivity contribution is 5.99. The summed E-state index contributed by atoms with van der Waals surface area (Å²) in [6.07, 6.45) is 3.21. The Labute approximate surface area is 95.2 Å². The molecule has 5 heteroatoms. The molecule has 5 nitrogen and oxygen atoms in total. The Hall–Kier alpha value is -1.62. The largest absolute Gasteiger partial charge is 0.385 e. The first kappa shape index (κ1) is 12.4. The second-order valence-electron chi connectivity index (χ2n) is 3.20. The van der Waals surface area contributed by atoms with Gasteiger partial charge in [-0.25, -0.2) is 0 Å². The summed E-state index contributed by atoms with van der Waals surface area (Å²) < 4.78 is 4.86. The predicted octanol–water partition coefficient (Wildman–Crippen LogP) is 0.890. The second-order valence-corrected chi connectivity index (χ2v) is 3.20. The zero-order chi connectivity index (χ0) is 11.8. The van der Waals surface area contributed by atoms with Crippen LogP contribution in [0.5, 0.6) is 0 Å². The Balaban J connectivity index is 2.66. The molecule has 1 amide bonds. The number of pyridine rings is 1. The molecular formula is C11H17N3O2. The Morgan fingerprint density at radius 1 is 1.56 bits per heavy atom. The minimum absolute atomic E-state index is 0.138. The molecule has 1 heterocycles. The molecule has 0 aromatic carbocycles. The lowest BCUT2D eigenvalue weighted by atomic mass is 10.2. The van der Waals surface area contributed by atoms with Crippen molar-refractivity contribution in [1.82, 2.24) is 10.3 Å². The third-order valence-corrected chi connectivity index (χ3v) is 2.02. The summed E-state index contributed by atoms with van der Waals surface area (Å²) >= 11 is 0. The number of carbonyl (C=O) groups is 1. The molecular weight excluding hydrogens is 206 g/mol. The van der Waals surface area contributed by atoms with E-state index >= 15 is 0 Å². The third-order valence-electron chi connectivity index (χ3n) is 2.02. The number of nitrogens with zero attached hydrogens (tertiary/aromatic N) is 1. The molecule has 2 N–H and O–H groups in total. The van der Waals surface area contributed by atoms with Crippen molar-refractivity contribution < 1.29 is 9.53 Å². The summed E-state index contributed by atoms with van der Waals surface area (Å²) in [6.45, 7) is 3.74. The van der Waals surface area contributed by atoms with Gasteiger partial charge >= 0.3 is 0 Å². The van der Waals surface area contributed by atoms with Gasteiger partial charge in [0, 0.05) is 32.6 Å². The Morgan fingerprint density at radius 3 is 3.06 bits per heavy atom. The number of hydrogen-bond donors (Lipinski definition) is 2. The van der Waals surface area contributed by atoms with Crippen LogP contribution < -0.4 is 10.6 Å². The summed E-state index contributed by atoms with van der Waals surface area (Å²) in [5.41, 5.74) is 1.35. The number of carbonyl (C=O) groups excluding carboxylic acids is 1. The van der Waals surface area contributed by atoms with Crippen LogP contribution in [0, 0.1) is 0 Å². The fraction of sp³-hybridized carbons (Fsp3) is 0.455. The van der Waals surface area contributed by atoms with Crippen LogP contribution in [-0.4, -0.2) is 37.7 Å². The van der Waals surface area contributed by atoms with E-state index in [1.54, 1.807) is 25.6 Å². The maximum Gasteiger partial charge on any atom is 0.255 e. The summed E-state index contributed by atoms with van der Waals surface area (Å²) in [5, 5.41) is 5.87. The lowest BCUT2D eigenvalue weighted by molar-refractivity contribution is 0.0937. The topological polar surface area (TPSA) is 63.2 Å². The van der Waals surface area contributed by atoms with Crippen LogP contribution in [-0.2, 0) is 4.74 Å². The number of ether oxygens (including phenoxy) is 1. The molecule has 1 aromatic rings. The molecule has 0 aliphatic carbocycles. The second kappa shape index (κ2) is 6.79. The van der Waals surface area contributed by atoms with E-state index in [0.717, 1.165) is 12.2 Å². The van der Waals surface area contributed by atoms with Crippen molar-refractivity contribution in [3.05, 3.63) is 24.0 Å². The van der Waals surface area contributed by atoms with E-state index in [0.29, 0.717) is 18.7 Å². The van der Waals surface area contributed by atoms with E-state index in [9.17, 15) is 4.79 Å². The van der Waals surface area contributed by atoms with Crippen LogP contribution in [0.25, 0.3) is 0 Å². The van der Waals surface area contributed by atoms with Gasteiger partial charge in [-0.05, 0) is 13.0 Å². The summed E-state index contributed by atoms with van der Waals surface area (Å²) in [5.74, 6) is -0.138. The van der Waals surface area contributed by atoms with Crippen molar-refractivity contribution in [2.45, 2.75) is 6.92 Å². The van der Waals surface area contributed by atoms with Crippen molar-refractivity contribution in [1.29, 1.82) is 0 Å². The summed E-state index contributed by atoms with van der Waals surface area (Å²) in [7, 11) is 1.60. The average molecular weight is 223 g/mol. The molecule has 0 spiro atoms. The van der Waals surface area contributed by atoms with Gasteiger partial charge in [0.2, 0.25) is 0 Å². The van der Waals surface area contributed by atoms with E-state index in [1.165, 1.54) is 0 Å². The van der Waals surface area contributed by atoms with Crippen molar-refractivity contribution in [2.75, 3.05) is 32.1 Å². The van der Waals surface area contributed by atoms with Crippen molar-refractivity contribution >= 4 is 11.6 Å². The Morgan fingerprint density at radius 2 is 2.38 bits per heavy atom. The lowest BCUT2D eigenvalue weighted by Crippen LogP contribution is -2.27. The van der Waals surface area contributed by atoms with Gasteiger partial charge in [-0.15, -0.1) is 0 Å². The SMILES string of the molecule is CCNc1ccncc1C(=O)NCCOC. The normalized spacial score (nSPS) is 9.88. The molecule has 0 radical (unpaired) electrons. The van der Waals surface area contributed by atoms with Crippen LogP contribution in [0.3, 0.4) is 0 Å². The molecule has 0 saturated heterocycles. The first-order chi connectivity index (χ1) is 7.79. The molecule has 88 valence electrons. The number of amides is 1. The van der Waals surface area contributed by atoms with Crippen LogP contribution >= 0.6 is 0 Å². The van der Waals surface area contributed by atoms with E-state index in [4.69, 9.17) is 4.74 Å². The minimum Gasteiger partial charge on any atom is -0.385 e. The van der Waals surface area contributed by atoms with Gasteiger partial charge in [0.1, 0.15) is 0 Å². The van der Waals surface area contributed by atoms with Gasteiger partial charge in [-0.2, -0.15) is 0 Å². The van der Waals surface area contributed by atoms with Crippen molar-refractivity contribution in [3.63, 3.8) is 0 Å². The zero-order valence-electron chi connectivity index (χ0n) is 9.62. The smallest absolute Gasteiger partial charge is 0.255 e. The van der Waals surface area contributed by atoms with Gasteiger partial charge in [0.05, 0.1) is 17.9 Å². The fourth-order valence-electron chi connectivity index (χ4n) is 1.28. The van der Waals surface area contributed by atoms with Crippen molar-refractivity contribution in [3.8, 4) is 0 Å². The number of methoxy groups -OCH3 is 1. The maximum atomic E-state index is 11.8. The summed E-state index contributed by atoms with van der Waals surface area (Å²) in [4.78, 5) is 15.7. The maximum absolute atomic E-state index is 11.8. The monoisotopic (exact) mass is 223 g/mol. The van der Waals surface area contributed by atoms with Gasteiger partial charge in [0.15, 0.2) is 0 Å². The summed E-state index contributed by atoms with van der Waals surface area (Å²) in [6, 6.07) is 1.79. The van der Waals surface area contributed by atoms with Gasteiger partial charge in [-0.1, -0.05) is 0 Å². The molecule has 0 atom stereocenters. The Kier molecular flexibility index (Phi) is 5.28. The molecule has 0 unspecified atom stereocenters.